The maximum atomic E-state index is 13.3. The van der Waals surface area contributed by atoms with Gasteiger partial charge >= 0.3 is 0 Å². The van der Waals surface area contributed by atoms with Crippen molar-refractivity contribution in [3.8, 4) is 5.75 Å². The van der Waals surface area contributed by atoms with E-state index in [1.165, 1.54) is 4.90 Å². The van der Waals surface area contributed by atoms with Crippen LogP contribution in [0, 0.1) is 13.8 Å². The number of nitrogens with one attached hydrogen (secondary N) is 1. The SMILES string of the molecule is COc1cc(N2CCOCC2)ccc1/C=C1\C(=O)NC(=S)N(c2ccc(C)cc2C)C1=O. The van der Waals surface area contributed by atoms with Crippen LogP contribution in [0.1, 0.15) is 16.7 Å². The van der Waals surface area contributed by atoms with Crippen molar-refractivity contribution in [2.75, 3.05) is 43.2 Å². The highest BCUT2D eigenvalue weighted by Crippen LogP contribution is 2.30. The molecule has 2 aromatic carbocycles. The Morgan fingerprint density at radius 1 is 1.09 bits per heavy atom. The van der Waals surface area contributed by atoms with Crippen LogP contribution in [0.4, 0.5) is 11.4 Å². The highest BCUT2D eigenvalue weighted by atomic mass is 32.1. The molecule has 2 heterocycles. The average Bonchev–Trinajstić information content (AvgIpc) is 2.78. The van der Waals surface area contributed by atoms with Gasteiger partial charge in [-0.3, -0.25) is 19.8 Å². The Bertz CT molecular complexity index is 1120. The molecule has 8 heteroatoms. The third-order valence-electron chi connectivity index (χ3n) is 5.59. The van der Waals surface area contributed by atoms with Crippen molar-refractivity contribution in [3.63, 3.8) is 0 Å². The van der Waals surface area contributed by atoms with Crippen LogP contribution in [0.15, 0.2) is 42.0 Å². The molecule has 0 radical (unpaired) electrons. The van der Waals surface area contributed by atoms with Crippen molar-refractivity contribution in [3.05, 3.63) is 58.7 Å². The van der Waals surface area contributed by atoms with E-state index in [-0.39, 0.29) is 10.7 Å². The first kappa shape index (κ1) is 22.0. The summed E-state index contributed by atoms with van der Waals surface area (Å²) in [5.41, 5.74) is 4.25. The lowest BCUT2D eigenvalue weighted by molar-refractivity contribution is -0.122. The first-order chi connectivity index (χ1) is 15.4. The number of anilines is 2. The van der Waals surface area contributed by atoms with Gasteiger partial charge < -0.3 is 14.4 Å². The van der Waals surface area contributed by atoms with Gasteiger partial charge in [-0.25, -0.2) is 0 Å². The number of thiocarbonyl (C=S) groups is 1. The van der Waals surface area contributed by atoms with Crippen LogP contribution in [0.25, 0.3) is 6.08 Å². The quantitative estimate of drug-likeness (QED) is 0.438. The number of carbonyl (C=O) groups is 2. The molecule has 0 spiro atoms. The van der Waals surface area contributed by atoms with Gasteiger partial charge in [-0.15, -0.1) is 0 Å². The van der Waals surface area contributed by atoms with Gasteiger partial charge in [0, 0.05) is 30.4 Å². The normalized spacial score (nSPS) is 18.2. The molecule has 7 nitrogen and oxygen atoms in total. The Labute approximate surface area is 192 Å². The first-order valence-corrected chi connectivity index (χ1v) is 10.8. The summed E-state index contributed by atoms with van der Waals surface area (Å²) in [6, 6.07) is 11.4. The molecule has 166 valence electrons. The molecule has 0 saturated carbocycles. The van der Waals surface area contributed by atoms with Gasteiger partial charge in [0.15, 0.2) is 5.11 Å². The van der Waals surface area contributed by atoms with E-state index in [9.17, 15) is 9.59 Å². The Hall–Kier alpha value is -3.23. The second-order valence-electron chi connectivity index (χ2n) is 7.77. The van der Waals surface area contributed by atoms with Crippen molar-refractivity contribution < 1.29 is 19.1 Å². The van der Waals surface area contributed by atoms with Gasteiger partial charge in [-0.05, 0) is 55.9 Å². The van der Waals surface area contributed by atoms with Crippen molar-refractivity contribution in [1.29, 1.82) is 0 Å². The van der Waals surface area contributed by atoms with E-state index < -0.39 is 11.8 Å². The van der Waals surface area contributed by atoms with Crippen LogP contribution in [-0.2, 0) is 14.3 Å². The van der Waals surface area contributed by atoms with E-state index in [1.807, 2.05) is 50.2 Å². The molecule has 2 aliphatic heterocycles. The number of nitrogens with zero attached hydrogens (tertiary/aromatic N) is 2. The molecular formula is C24H25N3O4S. The zero-order chi connectivity index (χ0) is 22.8. The fraction of sp³-hybridized carbons (Fsp3) is 0.292. The topological polar surface area (TPSA) is 71.1 Å². The van der Waals surface area contributed by atoms with Crippen LogP contribution in [-0.4, -0.2) is 50.3 Å². The number of hydrogen-bond donors (Lipinski definition) is 1. The summed E-state index contributed by atoms with van der Waals surface area (Å²) in [7, 11) is 1.57. The number of methoxy groups -OCH3 is 1. The molecule has 0 atom stereocenters. The minimum Gasteiger partial charge on any atom is -0.496 e. The van der Waals surface area contributed by atoms with Crippen molar-refractivity contribution in [2.45, 2.75) is 13.8 Å². The summed E-state index contributed by atoms with van der Waals surface area (Å²) in [4.78, 5) is 29.6. The largest absolute Gasteiger partial charge is 0.496 e. The number of benzene rings is 2. The highest BCUT2D eigenvalue weighted by Gasteiger charge is 2.35. The molecule has 0 aromatic heterocycles. The van der Waals surface area contributed by atoms with Gasteiger partial charge in [0.05, 0.1) is 26.0 Å². The van der Waals surface area contributed by atoms with Crippen LogP contribution in [0.3, 0.4) is 0 Å². The summed E-state index contributed by atoms with van der Waals surface area (Å²) in [5, 5.41) is 2.71. The fourth-order valence-electron chi connectivity index (χ4n) is 3.93. The summed E-state index contributed by atoms with van der Waals surface area (Å²) in [6.45, 7) is 6.84. The number of aryl methyl sites for hydroxylation is 2. The third kappa shape index (κ3) is 4.24. The summed E-state index contributed by atoms with van der Waals surface area (Å²) in [6.07, 6.45) is 1.55. The monoisotopic (exact) mass is 451 g/mol. The molecule has 2 saturated heterocycles. The molecule has 2 fully saturated rings. The fourth-order valence-corrected chi connectivity index (χ4v) is 4.20. The number of ether oxygens (including phenoxy) is 2. The van der Waals surface area contributed by atoms with Crippen LogP contribution < -0.4 is 19.9 Å². The number of amides is 2. The number of rotatable bonds is 4. The van der Waals surface area contributed by atoms with Gasteiger partial charge in [0.2, 0.25) is 0 Å². The Morgan fingerprint density at radius 2 is 1.84 bits per heavy atom. The highest BCUT2D eigenvalue weighted by molar-refractivity contribution is 7.80. The molecule has 0 aliphatic carbocycles. The predicted molar refractivity (Wildman–Crippen MR) is 128 cm³/mol. The van der Waals surface area contributed by atoms with Gasteiger partial charge in [0.25, 0.3) is 11.8 Å². The van der Waals surface area contributed by atoms with Gasteiger partial charge in [0.1, 0.15) is 11.3 Å². The molecular weight excluding hydrogens is 426 g/mol. The van der Waals surface area contributed by atoms with Crippen molar-refractivity contribution >= 4 is 46.6 Å². The van der Waals surface area contributed by atoms with Gasteiger partial charge in [-0.2, -0.15) is 0 Å². The smallest absolute Gasteiger partial charge is 0.270 e. The second kappa shape index (κ2) is 9.10. The molecule has 1 N–H and O–H groups in total. The summed E-state index contributed by atoms with van der Waals surface area (Å²) < 4.78 is 11.0. The molecule has 2 amide bonds. The van der Waals surface area contributed by atoms with Gasteiger partial charge in [-0.1, -0.05) is 17.7 Å². The number of carbonyl (C=O) groups excluding carboxylic acids is 2. The molecule has 32 heavy (non-hydrogen) atoms. The molecule has 2 aliphatic rings. The Balaban J connectivity index is 1.69. The number of hydrogen-bond acceptors (Lipinski definition) is 6. The predicted octanol–water partition coefficient (Wildman–Crippen LogP) is 2.98. The molecule has 2 aromatic rings. The minimum atomic E-state index is -0.527. The molecule has 0 bridgehead atoms. The maximum absolute atomic E-state index is 13.3. The Morgan fingerprint density at radius 3 is 2.53 bits per heavy atom. The van der Waals surface area contributed by atoms with E-state index in [0.717, 1.165) is 29.9 Å². The van der Waals surface area contributed by atoms with Crippen LogP contribution in [0.5, 0.6) is 5.75 Å². The van der Waals surface area contributed by atoms with Crippen LogP contribution in [0.2, 0.25) is 0 Å². The standard InChI is InChI=1S/C24H25N3O4S/c1-15-4-7-20(16(2)12-15)27-23(29)19(22(28)25-24(27)32)13-17-5-6-18(14-21(17)30-3)26-8-10-31-11-9-26/h4-7,12-14H,8-11H2,1-3H3,(H,25,28,32)/b19-13+. The van der Waals surface area contributed by atoms with E-state index >= 15 is 0 Å². The van der Waals surface area contributed by atoms with E-state index in [0.29, 0.717) is 30.2 Å². The molecule has 4 rings (SSSR count). The lowest BCUT2D eigenvalue weighted by Gasteiger charge is -2.30. The third-order valence-corrected chi connectivity index (χ3v) is 5.87. The average molecular weight is 452 g/mol. The summed E-state index contributed by atoms with van der Waals surface area (Å²) >= 11 is 5.32. The lowest BCUT2D eigenvalue weighted by Crippen LogP contribution is -2.54. The zero-order valence-electron chi connectivity index (χ0n) is 18.3. The second-order valence-corrected chi connectivity index (χ2v) is 8.16. The van der Waals surface area contributed by atoms with E-state index in [4.69, 9.17) is 21.7 Å². The zero-order valence-corrected chi connectivity index (χ0v) is 19.1. The first-order valence-electron chi connectivity index (χ1n) is 10.4. The lowest BCUT2D eigenvalue weighted by atomic mass is 10.0. The Kier molecular flexibility index (Phi) is 6.25. The van der Waals surface area contributed by atoms with Crippen molar-refractivity contribution in [2.24, 2.45) is 0 Å². The maximum Gasteiger partial charge on any atom is 0.270 e. The van der Waals surface area contributed by atoms with E-state index in [1.54, 1.807) is 13.2 Å². The van der Waals surface area contributed by atoms with Crippen molar-refractivity contribution in [1.82, 2.24) is 5.32 Å². The summed E-state index contributed by atoms with van der Waals surface area (Å²) in [5.74, 6) is -0.418. The van der Waals surface area contributed by atoms with E-state index in [2.05, 4.69) is 10.2 Å². The van der Waals surface area contributed by atoms with Crippen LogP contribution >= 0.6 is 12.2 Å². The minimum absolute atomic E-state index is 0.00371. The number of morpholine rings is 1. The molecule has 0 unspecified atom stereocenters.